The Morgan fingerprint density at radius 3 is 2.42 bits per heavy atom. The van der Waals surface area contributed by atoms with Crippen LogP contribution in [0, 0.1) is 6.92 Å². The lowest BCUT2D eigenvalue weighted by Gasteiger charge is -2.12. The first kappa shape index (κ1) is 16.4. The molecule has 0 radical (unpaired) electrons. The summed E-state index contributed by atoms with van der Waals surface area (Å²) in [6, 6.07) is 14.9. The van der Waals surface area contributed by atoms with E-state index in [1.54, 1.807) is 10.6 Å². The average molecular weight is 364 g/mol. The Morgan fingerprint density at radius 2 is 1.73 bits per heavy atom. The second kappa shape index (κ2) is 6.00. The van der Waals surface area contributed by atoms with E-state index < -0.39 is 5.97 Å². The number of thiophene rings is 1. The van der Waals surface area contributed by atoms with Crippen LogP contribution in [0.5, 0.6) is 0 Å². The molecule has 0 unspecified atom stereocenters. The fourth-order valence-corrected chi connectivity index (χ4v) is 4.39. The van der Waals surface area contributed by atoms with Crippen LogP contribution < -0.4 is 11.3 Å². The molecule has 4 aromatic rings. The van der Waals surface area contributed by atoms with Crippen molar-refractivity contribution < 1.29 is 9.53 Å². The number of nitrogen functional groups attached to an aromatic ring is 1. The van der Waals surface area contributed by atoms with Gasteiger partial charge in [-0.05, 0) is 30.0 Å². The van der Waals surface area contributed by atoms with Gasteiger partial charge in [0, 0.05) is 10.8 Å². The van der Waals surface area contributed by atoms with Crippen LogP contribution in [0.15, 0.2) is 53.3 Å². The molecule has 2 heterocycles. The van der Waals surface area contributed by atoms with Gasteiger partial charge in [0.05, 0.1) is 18.5 Å². The highest BCUT2D eigenvalue weighted by Gasteiger charge is 2.23. The molecule has 26 heavy (non-hydrogen) atoms. The number of fused-ring (bicyclic) bond motifs is 3. The minimum atomic E-state index is -0.503. The molecular formula is C20H16N2O3S. The predicted molar refractivity (Wildman–Crippen MR) is 105 cm³/mol. The number of para-hydroxylation sites is 1. The van der Waals surface area contributed by atoms with E-state index in [-0.39, 0.29) is 5.56 Å². The zero-order valence-electron chi connectivity index (χ0n) is 14.3. The molecule has 2 N–H and O–H groups in total. The summed E-state index contributed by atoms with van der Waals surface area (Å²) in [7, 11) is 1.32. The Hall–Kier alpha value is -3.12. The number of nitrogens with two attached hydrogens (primary N) is 1. The van der Waals surface area contributed by atoms with E-state index >= 15 is 0 Å². The number of carbonyl (C=O) groups is 1. The average Bonchev–Trinajstić information content (AvgIpc) is 3.00. The highest BCUT2D eigenvalue weighted by atomic mass is 32.1. The highest BCUT2D eigenvalue weighted by Crippen LogP contribution is 2.38. The van der Waals surface area contributed by atoms with E-state index in [1.807, 2.05) is 49.4 Å². The van der Waals surface area contributed by atoms with Gasteiger partial charge in [0.25, 0.3) is 5.56 Å². The van der Waals surface area contributed by atoms with E-state index in [4.69, 9.17) is 10.5 Å². The molecule has 0 bridgehead atoms. The highest BCUT2D eigenvalue weighted by molar-refractivity contribution is 7.21. The molecule has 0 amide bonds. The second-order valence-electron chi connectivity index (χ2n) is 5.99. The summed E-state index contributed by atoms with van der Waals surface area (Å²) in [5.74, 6) is -0.503. The fourth-order valence-electron chi connectivity index (χ4n) is 3.23. The van der Waals surface area contributed by atoms with Gasteiger partial charge in [0.15, 0.2) is 0 Å². The minimum Gasteiger partial charge on any atom is -0.465 e. The summed E-state index contributed by atoms with van der Waals surface area (Å²) in [4.78, 5) is 26.4. The number of esters is 1. The quantitative estimate of drug-likeness (QED) is 0.548. The Labute approximate surface area is 153 Å². The summed E-state index contributed by atoms with van der Waals surface area (Å²) in [5, 5.41) is 2.00. The second-order valence-corrected chi connectivity index (χ2v) is 6.99. The monoisotopic (exact) mass is 364 g/mol. The lowest BCUT2D eigenvalue weighted by molar-refractivity contribution is 0.0607. The smallest absolute Gasteiger partial charge is 0.350 e. The van der Waals surface area contributed by atoms with Gasteiger partial charge in [0.1, 0.15) is 9.71 Å². The number of rotatable bonds is 2. The van der Waals surface area contributed by atoms with Gasteiger partial charge in [0.2, 0.25) is 0 Å². The summed E-state index contributed by atoms with van der Waals surface area (Å²) < 4.78 is 6.50. The number of methoxy groups -OCH3 is 1. The van der Waals surface area contributed by atoms with Gasteiger partial charge in [-0.15, -0.1) is 11.3 Å². The Kier molecular flexibility index (Phi) is 3.77. The largest absolute Gasteiger partial charge is 0.465 e. The van der Waals surface area contributed by atoms with Gasteiger partial charge < -0.3 is 10.5 Å². The van der Waals surface area contributed by atoms with Crippen molar-refractivity contribution in [1.82, 2.24) is 4.57 Å². The molecule has 0 aliphatic carbocycles. The van der Waals surface area contributed by atoms with E-state index in [1.165, 1.54) is 18.4 Å². The van der Waals surface area contributed by atoms with Crippen molar-refractivity contribution in [3.8, 4) is 5.69 Å². The number of aryl methyl sites for hydroxylation is 1. The zero-order chi connectivity index (χ0) is 18.4. The van der Waals surface area contributed by atoms with Crippen LogP contribution in [-0.2, 0) is 4.74 Å². The Balaban J connectivity index is 2.27. The number of ether oxygens (including phenoxy) is 1. The first-order valence-electron chi connectivity index (χ1n) is 8.04. The van der Waals surface area contributed by atoms with Gasteiger partial charge >= 0.3 is 5.97 Å². The van der Waals surface area contributed by atoms with E-state index in [0.717, 1.165) is 16.6 Å². The molecule has 2 aromatic heterocycles. The number of pyridine rings is 1. The fraction of sp³-hybridized carbons (Fsp3) is 0.100. The van der Waals surface area contributed by atoms with Crippen molar-refractivity contribution in [3.05, 3.63) is 69.3 Å². The normalized spacial score (nSPS) is 11.2. The SMILES string of the molecule is COC(=O)c1sc2c(c1N)c1ccccc1c(=O)n2-c1ccccc1C. The van der Waals surface area contributed by atoms with Crippen molar-refractivity contribution in [1.29, 1.82) is 0 Å². The maximum atomic E-state index is 13.3. The van der Waals surface area contributed by atoms with Crippen LogP contribution in [0.25, 0.3) is 26.7 Å². The number of benzene rings is 2. The van der Waals surface area contributed by atoms with E-state index in [2.05, 4.69) is 0 Å². The third-order valence-electron chi connectivity index (χ3n) is 4.49. The minimum absolute atomic E-state index is 0.139. The maximum Gasteiger partial charge on any atom is 0.350 e. The lowest BCUT2D eigenvalue weighted by Crippen LogP contribution is -2.19. The van der Waals surface area contributed by atoms with Crippen molar-refractivity contribution >= 4 is 44.0 Å². The van der Waals surface area contributed by atoms with Gasteiger partial charge in [-0.25, -0.2) is 4.79 Å². The van der Waals surface area contributed by atoms with Crippen LogP contribution in [0.4, 0.5) is 5.69 Å². The number of aromatic nitrogens is 1. The zero-order valence-corrected chi connectivity index (χ0v) is 15.1. The molecular weight excluding hydrogens is 348 g/mol. The first-order chi connectivity index (χ1) is 12.5. The standard InChI is InChI=1S/C20H16N2O3S/c1-11-7-3-6-10-14(11)22-18(23)13-9-5-4-8-12(13)15-16(21)17(20(24)25-2)26-19(15)22/h3-10H,21H2,1-2H3. The maximum absolute atomic E-state index is 13.3. The number of anilines is 1. The molecule has 130 valence electrons. The molecule has 6 heteroatoms. The molecule has 2 aromatic carbocycles. The molecule has 0 aliphatic rings. The Bertz CT molecular complexity index is 1240. The van der Waals surface area contributed by atoms with Crippen LogP contribution in [0.2, 0.25) is 0 Å². The molecule has 4 rings (SSSR count). The summed E-state index contributed by atoms with van der Waals surface area (Å²) in [6.45, 7) is 1.95. The summed E-state index contributed by atoms with van der Waals surface area (Å²) >= 11 is 1.18. The first-order valence-corrected chi connectivity index (χ1v) is 8.86. The topological polar surface area (TPSA) is 74.3 Å². The number of nitrogens with zero attached hydrogens (tertiary/aromatic N) is 1. The van der Waals surface area contributed by atoms with Crippen LogP contribution >= 0.6 is 11.3 Å². The molecule has 0 atom stereocenters. The summed E-state index contributed by atoms with van der Waals surface area (Å²) in [5.41, 5.74) is 8.24. The molecule has 0 aliphatic heterocycles. The van der Waals surface area contributed by atoms with Crippen LogP contribution in [-0.4, -0.2) is 17.6 Å². The van der Waals surface area contributed by atoms with Crippen molar-refractivity contribution in [2.75, 3.05) is 12.8 Å². The van der Waals surface area contributed by atoms with Gasteiger partial charge in [-0.1, -0.05) is 36.4 Å². The number of hydrogen-bond donors (Lipinski definition) is 1. The van der Waals surface area contributed by atoms with Gasteiger partial charge in [-0.3, -0.25) is 9.36 Å². The van der Waals surface area contributed by atoms with Gasteiger partial charge in [-0.2, -0.15) is 0 Å². The van der Waals surface area contributed by atoms with Crippen LogP contribution in [0.3, 0.4) is 0 Å². The van der Waals surface area contributed by atoms with Crippen molar-refractivity contribution in [3.63, 3.8) is 0 Å². The third kappa shape index (κ3) is 2.23. The Morgan fingerprint density at radius 1 is 1.08 bits per heavy atom. The molecule has 0 saturated carbocycles. The molecule has 5 nitrogen and oxygen atoms in total. The molecule has 0 spiro atoms. The molecule has 0 fully saturated rings. The van der Waals surface area contributed by atoms with E-state index in [0.29, 0.717) is 26.2 Å². The third-order valence-corrected chi connectivity index (χ3v) is 5.66. The summed E-state index contributed by atoms with van der Waals surface area (Å²) in [6.07, 6.45) is 0. The van der Waals surface area contributed by atoms with Crippen LogP contribution in [0.1, 0.15) is 15.2 Å². The molecule has 0 saturated heterocycles. The van der Waals surface area contributed by atoms with Crippen molar-refractivity contribution in [2.24, 2.45) is 0 Å². The lowest BCUT2D eigenvalue weighted by atomic mass is 10.1. The number of hydrogen-bond acceptors (Lipinski definition) is 5. The predicted octanol–water partition coefficient (Wildman–Crippen LogP) is 3.88. The van der Waals surface area contributed by atoms with E-state index in [9.17, 15) is 9.59 Å². The number of carbonyl (C=O) groups excluding carboxylic acids is 1. The van der Waals surface area contributed by atoms with Crippen molar-refractivity contribution in [2.45, 2.75) is 6.92 Å².